The molecule has 0 radical (unpaired) electrons. The van der Waals surface area contributed by atoms with Crippen molar-refractivity contribution in [3.05, 3.63) is 52.0 Å². The molecule has 198 valence electrons. The quantitative estimate of drug-likeness (QED) is 0.323. The van der Waals surface area contributed by atoms with E-state index >= 15 is 0 Å². The van der Waals surface area contributed by atoms with Crippen molar-refractivity contribution in [2.75, 3.05) is 24.0 Å². The Bertz CT molecular complexity index is 1280. The van der Waals surface area contributed by atoms with E-state index in [2.05, 4.69) is 4.72 Å². The van der Waals surface area contributed by atoms with Gasteiger partial charge in [0.15, 0.2) is 5.75 Å². The first kappa shape index (κ1) is 28.8. The lowest BCUT2D eigenvalue weighted by atomic mass is 10.1. The van der Waals surface area contributed by atoms with Gasteiger partial charge in [0.05, 0.1) is 21.2 Å². The highest BCUT2D eigenvalue weighted by Gasteiger charge is 2.37. The van der Waals surface area contributed by atoms with E-state index in [0.29, 0.717) is 12.5 Å². The number of rotatable bonds is 9. The number of sulfonamides is 1. The van der Waals surface area contributed by atoms with Crippen LogP contribution in [0.1, 0.15) is 38.2 Å². The summed E-state index contributed by atoms with van der Waals surface area (Å²) in [5.41, 5.74) is -1.51. The zero-order valence-corrected chi connectivity index (χ0v) is 22.4. The smallest absolute Gasteiger partial charge is 0.417 e. The molecule has 1 unspecified atom stereocenters. The fraction of sp³-hybridized carbons (Fsp3) is 0.409. The lowest BCUT2D eigenvalue weighted by Crippen LogP contribution is -2.33. The Labute approximate surface area is 217 Å². The van der Waals surface area contributed by atoms with Gasteiger partial charge >= 0.3 is 13.7 Å². The summed E-state index contributed by atoms with van der Waals surface area (Å²) in [4.78, 5) is 11.0. The van der Waals surface area contributed by atoms with Crippen LogP contribution in [0.2, 0.25) is 10.0 Å². The normalized spacial score (nSPS) is 17.0. The third-order valence-corrected chi connectivity index (χ3v) is 10.1. The highest BCUT2D eigenvalue weighted by Crippen LogP contribution is 2.54. The number of piperidine rings is 1. The molecule has 2 aromatic carbocycles. The first-order valence-corrected chi connectivity index (χ1v) is 15.0. The first-order chi connectivity index (χ1) is 16.7. The number of ketones is 1. The molecule has 0 bridgehead atoms. The third kappa shape index (κ3) is 6.95. The van der Waals surface area contributed by atoms with Crippen molar-refractivity contribution in [2.45, 2.75) is 43.7 Å². The average molecular weight is 587 g/mol. The maximum absolute atomic E-state index is 13.9. The SMILES string of the molecule is CCCCP(=O)(Oc1ccc(Cl)cc1NS(=O)(=O)c1ccc(Cl)c(C(F)(F)F)c1)N1CCC(=O)CC1. The van der Waals surface area contributed by atoms with E-state index in [-0.39, 0.29) is 54.3 Å². The highest BCUT2D eigenvalue weighted by atomic mass is 35.5. The van der Waals surface area contributed by atoms with E-state index in [1.807, 2.05) is 6.92 Å². The number of alkyl halides is 3. The molecule has 1 N–H and O–H groups in total. The zero-order valence-electron chi connectivity index (χ0n) is 19.1. The molecule has 0 aromatic heterocycles. The second kappa shape index (κ2) is 11.3. The Morgan fingerprint density at radius 1 is 1.11 bits per heavy atom. The Morgan fingerprint density at radius 2 is 1.78 bits per heavy atom. The van der Waals surface area contributed by atoms with Gasteiger partial charge in [0, 0.05) is 37.1 Å². The summed E-state index contributed by atoms with van der Waals surface area (Å²) in [5.74, 6) is -0.0567. The molecule has 1 atom stereocenters. The topological polar surface area (TPSA) is 92.8 Å². The van der Waals surface area contributed by atoms with Crippen molar-refractivity contribution >= 4 is 52.2 Å². The van der Waals surface area contributed by atoms with Gasteiger partial charge < -0.3 is 4.52 Å². The highest BCUT2D eigenvalue weighted by molar-refractivity contribution is 7.92. The number of carbonyl (C=O) groups is 1. The summed E-state index contributed by atoms with van der Waals surface area (Å²) in [5, 5.41) is -0.538. The minimum absolute atomic E-state index is 0.0504. The molecule has 1 aliphatic heterocycles. The number of nitrogens with zero attached hydrogens (tertiary/aromatic N) is 1. The van der Waals surface area contributed by atoms with Crippen LogP contribution in [0.25, 0.3) is 0 Å². The monoisotopic (exact) mass is 586 g/mol. The van der Waals surface area contributed by atoms with Crippen LogP contribution in [0.4, 0.5) is 18.9 Å². The Hall–Kier alpha value is -1.78. The van der Waals surface area contributed by atoms with Crippen LogP contribution in [-0.2, 0) is 25.6 Å². The molecular formula is C22H24Cl2F3N2O5PS. The molecule has 1 fully saturated rings. The van der Waals surface area contributed by atoms with Crippen LogP contribution in [0, 0.1) is 0 Å². The van der Waals surface area contributed by atoms with Crippen LogP contribution in [-0.4, -0.2) is 38.1 Å². The van der Waals surface area contributed by atoms with Crippen molar-refractivity contribution in [2.24, 2.45) is 0 Å². The van der Waals surface area contributed by atoms with E-state index in [4.69, 9.17) is 27.7 Å². The number of carbonyl (C=O) groups excluding carboxylic acids is 1. The number of benzene rings is 2. The minimum Gasteiger partial charge on any atom is -0.430 e. The van der Waals surface area contributed by atoms with Crippen molar-refractivity contribution < 1.29 is 35.5 Å². The molecule has 14 heteroatoms. The molecule has 0 aliphatic carbocycles. The van der Waals surface area contributed by atoms with Crippen molar-refractivity contribution in [3.63, 3.8) is 0 Å². The molecule has 36 heavy (non-hydrogen) atoms. The standard InChI is InChI=1S/C22H24Cl2F3N2O5PS/c1-2-3-12-35(31,29-10-8-16(30)9-11-29)34-21-7-4-15(23)13-20(21)28-36(32,33)17-5-6-19(24)18(14-17)22(25,26)27/h4-7,13-14,28H,2-3,8-12H2,1H3. The van der Waals surface area contributed by atoms with Gasteiger partial charge in [0.25, 0.3) is 10.0 Å². The van der Waals surface area contributed by atoms with Crippen molar-refractivity contribution in [1.82, 2.24) is 4.67 Å². The van der Waals surface area contributed by atoms with E-state index in [1.54, 1.807) is 4.67 Å². The predicted molar refractivity (Wildman–Crippen MR) is 133 cm³/mol. The number of halogens is 5. The van der Waals surface area contributed by atoms with Gasteiger partial charge in [-0.1, -0.05) is 36.5 Å². The Morgan fingerprint density at radius 3 is 2.39 bits per heavy atom. The van der Waals surface area contributed by atoms with E-state index in [0.717, 1.165) is 18.6 Å². The van der Waals surface area contributed by atoms with E-state index in [1.165, 1.54) is 18.2 Å². The number of Topliss-reactive ketones (excluding diaryl/α,β-unsaturated/α-hetero) is 1. The van der Waals surface area contributed by atoms with Crippen LogP contribution in [0.5, 0.6) is 5.75 Å². The number of unbranched alkanes of at least 4 members (excludes halogenated alkanes) is 1. The van der Waals surface area contributed by atoms with Gasteiger partial charge in [-0.3, -0.25) is 14.1 Å². The molecule has 0 saturated carbocycles. The molecule has 0 spiro atoms. The fourth-order valence-corrected chi connectivity index (χ4v) is 7.52. The van der Waals surface area contributed by atoms with Gasteiger partial charge in [-0.25, -0.2) is 13.1 Å². The Kier molecular flexibility index (Phi) is 9.04. The maximum Gasteiger partial charge on any atom is 0.417 e. The molecule has 3 rings (SSSR count). The zero-order chi connectivity index (χ0) is 26.7. The van der Waals surface area contributed by atoms with Gasteiger partial charge in [-0.15, -0.1) is 0 Å². The number of hydrogen-bond donors (Lipinski definition) is 1. The second-order valence-electron chi connectivity index (χ2n) is 8.18. The number of nitrogens with one attached hydrogen (secondary N) is 1. The summed E-state index contributed by atoms with van der Waals surface area (Å²) >= 11 is 11.6. The molecule has 2 aromatic rings. The lowest BCUT2D eigenvalue weighted by molar-refractivity contribution is -0.137. The van der Waals surface area contributed by atoms with E-state index < -0.39 is 39.2 Å². The van der Waals surface area contributed by atoms with Crippen LogP contribution >= 0.6 is 30.7 Å². The van der Waals surface area contributed by atoms with Crippen molar-refractivity contribution in [3.8, 4) is 5.75 Å². The predicted octanol–water partition coefficient (Wildman–Crippen LogP) is 6.85. The van der Waals surface area contributed by atoms with Crippen LogP contribution in [0.15, 0.2) is 41.3 Å². The van der Waals surface area contributed by atoms with E-state index in [9.17, 15) is 30.9 Å². The molecular weight excluding hydrogens is 563 g/mol. The van der Waals surface area contributed by atoms with Gasteiger partial charge in [-0.2, -0.15) is 13.2 Å². The van der Waals surface area contributed by atoms with Gasteiger partial charge in [0.2, 0.25) is 0 Å². The summed E-state index contributed by atoms with van der Waals surface area (Å²) in [6.45, 7) is 2.38. The third-order valence-electron chi connectivity index (χ3n) is 5.50. The lowest BCUT2D eigenvalue weighted by Gasteiger charge is -2.34. The molecule has 1 saturated heterocycles. The van der Waals surface area contributed by atoms with Gasteiger partial charge in [0.1, 0.15) is 5.78 Å². The van der Waals surface area contributed by atoms with Crippen LogP contribution < -0.4 is 9.25 Å². The molecule has 1 aliphatic rings. The maximum atomic E-state index is 13.9. The largest absolute Gasteiger partial charge is 0.430 e. The molecule has 0 amide bonds. The molecule has 7 nitrogen and oxygen atoms in total. The fourth-order valence-electron chi connectivity index (χ4n) is 3.56. The van der Waals surface area contributed by atoms with Gasteiger partial charge in [-0.05, 0) is 42.8 Å². The first-order valence-electron chi connectivity index (χ1n) is 11.0. The van der Waals surface area contributed by atoms with Crippen LogP contribution in [0.3, 0.4) is 0 Å². The van der Waals surface area contributed by atoms with Crippen molar-refractivity contribution in [1.29, 1.82) is 0 Å². The summed E-state index contributed by atoms with van der Waals surface area (Å²) < 4.78 is 89.4. The molecule has 1 heterocycles. The Balaban J connectivity index is 1.97. The minimum atomic E-state index is -4.87. The second-order valence-corrected chi connectivity index (χ2v) is 13.2. The summed E-state index contributed by atoms with van der Waals surface area (Å²) in [6, 6.07) is 6.14. The number of hydrogen-bond acceptors (Lipinski definition) is 5. The average Bonchev–Trinajstić information content (AvgIpc) is 2.79. The summed E-state index contributed by atoms with van der Waals surface area (Å²) in [7, 11) is -8.09. The number of anilines is 1. The summed E-state index contributed by atoms with van der Waals surface area (Å²) in [6.07, 6.45) is -2.98.